The zero-order valence-corrected chi connectivity index (χ0v) is 6.94. The monoisotopic (exact) mass is 143 g/mol. The molecule has 0 spiro atoms. The SMILES string of the molecule is CCCOC1(C)CCNC1. The van der Waals surface area contributed by atoms with Gasteiger partial charge in [-0.25, -0.2) is 0 Å². The Morgan fingerprint density at radius 3 is 2.90 bits per heavy atom. The van der Waals surface area contributed by atoms with Crippen LogP contribution in [-0.2, 0) is 4.74 Å². The summed E-state index contributed by atoms with van der Waals surface area (Å²) in [6.45, 7) is 7.36. The first kappa shape index (κ1) is 8.02. The predicted octanol–water partition coefficient (Wildman–Crippen LogP) is 1.17. The maximum Gasteiger partial charge on any atom is 0.0790 e. The summed E-state index contributed by atoms with van der Waals surface area (Å²) in [7, 11) is 0. The van der Waals surface area contributed by atoms with Gasteiger partial charge >= 0.3 is 0 Å². The van der Waals surface area contributed by atoms with Crippen LogP contribution in [0.15, 0.2) is 0 Å². The standard InChI is InChI=1S/C8H17NO/c1-3-6-10-8(2)4-5-9-7-8/h9H,3-7H2,1-2H3. The van der Waals surface area contributed by atoms with Crippen LogP contribution in [0, 0.1) is 0 Å². The van der Waals surface area contributed by atoms with Gasteiger partial charge in [0.05, 0.1) is 5.60 Å². The van der Waals surface area contributed by atoms with Crippen LogP contribution in [0.25, 0.3) is 0 Å². The van der Waals surface area contributed by atoms with E-state index in [1.165, 1.54) is 0 Å². The minimum atomic E-state index is 0.135. The lowest BCUT2D eigenvalue weighted by molar-refractivity contribution is -0.0156. The molecule has 1 rings (SSSR count). The normalized spacial score (nSPS) is 33.0. The first-order valence-corrected chi connectivity index (χ1v) is 4.11. The van der Waals surface area contributed by atoms with Crippen molar-refractivity contribution in [3.05, 3.63) is 0 Å². The molecular formula is C8H17NO. The maximum absolute atomic E-state index is 5.68. The fourth-order valence-corrected chi connectivity index (χ4v) is 1.27. The first-order chi connectivity index (χ1) is 4.77. The summed E-state index contributed by atoms with van der Waals surface area (Å²) in [6, 6.07) is 0. The van der Waals surface area contributed by atoms with Gasteiger partial charge in [0.2, 0.25) is 0 Å². The van der Waals surface area contributed by atoms with E-state index >= 15 is 0 Å². The molecule has 1 heterocycles. The molecule has 1 aliphatic rings. The lowest BCUT2D eigenvalue weighted by Crippen LogP contribution is -2.31. The smallest absolute Gasteiger partial charge is 0.0790 e. The molecule has 60 valence electrons. The van der Waals surface area contributed by atoms with Crippen molar-refractivity contribution in [3.63, 3.8) is 0 Å². The van der Waals surface area contributed by atoms with E-state index in [2.05, 4.69) is 19.2 Å². The van der Waals surface area contributed by atoms with Gasteiger partial charge in [-0.3, -0.25) is 0 Å². The Morgan fingerprint density at radius 1 is 1.60 bits per heavy atom. The molecule has 0 aromatic heterocycles. The molecule has 2 nitrogen and oxygen atoms in total. The summed E-state index contributed by atoms with van der Waals surface area (Å²) in [5.41, 5.74) is 0.135. The first-order valence-electron chi connectivity index (χ1n) is 4.11. The lowest BCUT2D eigenvalue weighted by Gasteiger charge is -2.22. The third kappa shape index (κ3) is 1.96. The average Bonchev–Trinajstić information content (AvgIpc) is 2.33. The van der Waals surface area contributed by atoms with Crippen molar-refractivity contribution in [2.75, 3.05) is 19.7 Å². The number of ether oxygens (including phenoxy) is 1. The summed E-state index contributed by atoms with van der Waals surface area (Å²) in [6.07, 6.45) is 2.28. The van der Waals surface area contributed by atoms with Crippen molar-refractivity contribution >= 4 is 0 Å². The van der Waals surface area contributed by atoms with Crippen LogP contribution in [0.2, 0.25) is 0 Å². The Balaban J connectivity index is 2.22. The molecule has 0 amide bonds. The van der Waals surface area contributed by atoms with Gasteiger partial charge in [0.15, 0.2) is 0 Å². The van der Waals surface area contributed by atoms with Crippen LogP contribution in [-0.4, -0.2) is 25.3 Å². The molecule has 1 saturated heterocycles. The molecule has 0 bridgehead atoms. The van der Waals surface area contributed by atoms with Gasteiger partial charge in [0.1, 0.15) is 0 Å². The highest BCUT2D eigenvalue weighted by molar-refractivity contribution is 4.84. The molecular weight excluding hydrogens is 126 g/mol. The van der Waals surface area contributed by atoms with Gasteiger partial charge < -0.3 is 10.1 Å². The van der Waals surface area contributed by atoms with Crippen molar-refractivity contribution in [2.24, 2.45) is 0 Å². The second-order valence-corrected chi connectivity index (χ2v) is 3.23. The van der Waals surface area contributed by atoms with E-state index < -0.39 is 0 Å². The van der Waals surface area contributed by atoms with Crippen molar-refractivity contribution in [1.29, 1.82) is 0 Å². The highest BCUT2D eigenvalue weighted by Crippen LogP contribution is 2.18. The third-order valence-corrected chi connectivity index (χ3v) is 1.98. The molecule has 0 saturated carbocycles. The van der Waals surface area contributed by atoms with Gasteiger partial charge in [-0.1, -0.05) is 6.92 Å². The average molecular weight is 143 g/mol. The fraction of sp³-hybridized carbons (Fsp3) is 1.00. The Morgan fingerprint density at radius 2 is 2.40 bits per heavy atom. The topological polar surface area (TPSA) is 21.3 Å². The largest absolute Gasteiger partial charge is 0.374 e. The van der Waals surface area contributed by atoms with Gasteiger partial charge in [-0.2, -0.15) is 0 Å². The molecule has 1 fully saturated rings. The number of hydrogen-bond acceptors (Lipinski definition) is 2. The van der Waals surface area contributed by atoms with Crippen molar-refractivity contribution < 1.29 is 4.74 Å². The second kappa shape index (κ2) is 3.35. The molecule has 2 heteroatoms. The van der Waals surface area contributed by atoms with E-state index in [0.717, 1.165) is 32.5 Å². The Kier molecular flexibility index (Phi) is 2.69. The molecule has 0 aromatic rings. The molecule has 0 aromatic carbocycles. The maximum atomic E-state index is 5.68. The zero-order valence-electron chi connectivity index (χ0n) is 6.94. The molecule has 1 aliphatic heterocycles. The van der Waals surface area contributed by atoms with Crippen molar-refractivity contribution in [3.8, 4) is 0 Å². The number of rotatable bonds is 3. The minimum Gasteiger partial charge on any atom is -0.374 e. The predicted molar refractivity (Wildman–Crippen MR) is 42.1 cm³/mol. The van der Waals surface area contributed by atoms with Crippen LogP contribution in [0.5, 0.6) is 0 Å². The van der Waals surface area contributed by atoms with Gasteiger partial charge in [-0.05, 0) is 26.3 Å². The van der Waals surface area contributed by atoms with Gasteiger partial charge in [-0.15, -0.1) is 0 Å². The third-order valence-electron chi connectivity index (χ3n) is 1.98. The quantitative estimate of drug-likeness (QED) is 0.640. The molecule has 0 radical (unpaired) electrons. The number of nitrogens with one attached hydrogen (secondary N) is 1. The van der Waals surface area contributed by atoms with Crippen LogP contribution in [0.1, 0.15) is 26.7 Å². The van der Waals surface area contributed by atoms with E-state index in [1.807, 2.05) is 0 Å². The van der Waals surface area contributed by atoms with Crippen LogP contribution in [0.3, 0.4) is 0 Å². The van der Waals surface area contributed by atoms with Crippen LogP contribution < -0.4 is 5.32 Å². The van der Waals surface area contributed by atoms with Gasteiger partial charge in [0.25, 0.3) is 0 Å². The van der Waals surface area contributed by atoms with Gasteiger partial charge in [0, 0.05) is 13.2 Å². The Bertz CT molecular complexity index is 97.4. The summed E-state index contributed by atoms with van der Waals surface area (Å²) in [4.78, 5) is 0. The van der Waals surface area contributed by atoms with E-state index in [4.69, 9.17) is 4.74 Å². The molecule has 1 N–H and O–H groups in total. The van der Waals surface area contributed by atoms with Crippen molar-refractivity contribution in [2.45, 2.75) is 32.3 Å². The van der Waals surface area contributed by atoms with E-state index in [1.54, 1.807) is 0 Å². The van der Waals surface area contributed by atoms with Crippen molar-refractivity contribution in [1.82, 2.24) is 5.32 Å². The Hall–Kier alpha value is -0.0800. The van der Waals surface area contributed by atoms with E-state index in [-0.39, 0.29) is 5.60 Å². The molecule has 1 unspecified atom stereocenters. The molecule has 10 heavy (non-hydrogen) atoms. The summed E-state index contributed by atoms with van der Waals surface area (Å²) in [5, 5.41) is 3.30. The second-order valence-electron chi connectivity index (χ2n) is 3.23. The Labute approximate surface area is 63.0 Å². The number of hydrogen-bond donors (Lipinski definition) is 1. The summed E-state index contributed by atoms with van der Waals surface area (Å²) in [5.74, 6) is 0. The minimum absolute atomic E-state index is 0.135. The van der Waals surface area contributed by atoms with Crippen LogP contribution in [0.4, 0.5) is 0 Å². The highest BCUT2D eigenvalue weighted by Gasteiger charge is 2.28. The molecule has 0 aliphatic carbocycles. The zero-order chi connectivity index (χ0) is 7.45. The summed E-state index contributed by atoms with van der Waals surface area (Å²) >= 11 is 0. The fourth-order valence-electron chi connectivity index (χ4n) is 1.27. The van der Waals surface area contributed by atoms with E-state index in [9.17, 15) is 0 Å². The summed E-state index contributed by atoms with van der Waals surface area (Å²) < 4.78 is 5.68. The highest BCUT2D eigenvalue weighted by atomic mass is 16.5. The van der Waals surface area contributed by atoms with E-state index in [0.29, 0.717) is 0 Å². The lowest BCUT2D eigenvalue weighted by atomic mass is 10.1. The van der Waals surface area contributed by atoms with Crippen LogP contribution >= 0.6 is 0 Å². The molecule has 1 atom stereocenters.